The second-order valence-corrected chi connectivity index (χ2v) is 5.18. The molecule has 0 aliphatic heterocycles. The normalized spacial score (nSPS) is 10.0. The molecule has 0 heterocycles. The molecule has 1 N–H and O–H groups in total. The van der Waals surface area contributed by atoms with E-state index in [1.54, 1.807) is 13.2 Å². The van der Waals surface area contributed by atoms with Gasteiger partial charge in [-0.25, -0.2) is 0 Å². The van der Waals surface area contributed by atoms with Crippen LogP contribution < -0.4 is 14.8 Å². The maximum absolute atomic E-state index is 11.8. The van der Waals surface area contributed by atoms with Crippen LogP contribution in [0.5, 0.6) is 11.5 Å². The van der Waals surface area contributed by atoms with Crippen LogP contribution in [0.25, 0.3) is 0 Å². The molecule has 0 aliphatic carbocycles. The van der Waals surface area contributed by atoms with Crippen LogP contribution in [0.3, 0.4) is 0 Å². The van der Waals surface area contributed by atoms with Gasteiger partial charge in [0.15, 0.2) is 18.1 Å². The summed E-state index contributed by atoms with van der Waals surface area (Å²) in [6.07, 6.45) is 0. The summed E-state index contributed by atoms with van der Waals surface area (Å²) in [5, 5.41) is 2.81. The number of para-hydroxylation sites is 1. The summed E-state index contributed by atoms with van der Waals surface area (Å²) in [7, 11) is 1.56. The van der Waals surface area contributed by atoms with Gasteiger partial charge in [0.25, 0.3) is 5.91 Å². The zero-order chi connectivity index (χ0) is 15.1. The average molecular weight is 350 g/mol. The Hall–Kier alpha value is -2.01. The summed E-state index contributed by atoms with van der Waals surface area (Å²) in [6.45, 7) is 0.419. The summed E-state index contributed by atoms with van der Waals surface area (Å²) in [5.41, 5.74) is 1.05. The maximum Gasteiger partial charge on any atom is 0.258 e. The minimum atomic E-state index is -0.184. The van der Waals surface area contributed by atoms with Crippen molar-refractivity contribution in [3.63, 3.8) is 0 Å². The molecular weight excluding hydrogens is 334 g/mol. The van der Waals surface area contributed by atoms with Crippen LogP contribution in [0.1, 0.15) is 5.56 Å². The third-order valence-electron chi connectivity index (χ3n) is 2.83. The maximum atomic E-state index is 11.8. The number of hydrogen-bond acceptors (Lipinski definition) is 3. The number of rotatable bonds is 6. The van der Waals surface area contributed by atoms with E-state index in [0.717, 1.165) is 10.0 Å². The summed E-state index contributed by atoms with van der Waals surface area (Å²) in [6, 6.07) is 15.2. The number of halogens is 1. The highest BCUT2D eigenvalue weighted by molar-refractivity contribution is 9.10. The zero-order valence-corrected chi connectivity index (χ0v) is 13.2. The third-order valence-corrected chi connectivity index (χ3v) is 3.46. The van der Waals surface area contributed by atoms with Crippen molar-refractivity contribution in [2.45, 2.75) is 6.54 Å². The van der Waals surface area contributed by atoms with Crippen molar-refractivity contribution in [2.24, 2.45) is 0 Å². The van der Waals surface area contributed by atoms with Gasteiger partial charge in [0.05, 0.1) is 11.6 Å². The van der Waals surface area contributed by atoms with Crippen molar-refractivity contribution in [2.75, 3.05) is 13.7 Å². The minimum absolute atomic E-state index is 0.0637. The number of carbonyl (C=O) groups excluding carboxylic acids is 1. The van der Waals surface area contributed by atoms with E-state index in [1.165, 1.54) is 0 Å². The topological polar surface area (TPSA) is 47.6 Å². The molecule has 0 saturated carbocycles. The Morgan fingerprint density at radius 3 is 2.62 bits per heavy atom. The van der Waals surface area contributed by atoms with Crippen molar-refractivity contribution in [1.82, 2.24) is 5.32 Å². The molecule has 0 spiro atoms. The molecule has 5 heteroatoms. The van der Waals surface area contributed by atoms with Gasteiger partial charge < -0.3 is 14.8 Å². The predicted molar refractivity (Wildman–Crippen MR) is 84.5 cm³/mol. The van der Waals surface area contributed by atoms with E-state index in [0.29, 0.717) is 18.0 Å². The van der Waals surface area contributed by atoms with Crippen LogP contribution in [0.4, 0.5) is 0 Å². The van der Waals surface area contributed by atoms with E-state index in [-0.39, 0.29) is 12.5 Å². The molecule has 21 heavy (non-hydrogen) atoms. The number of nitrogens with one attached hydrogen (secondary N) is 1. The first-order valence-electron chi connectivity index (χ1n) is 6.46. The average Bonchev–Trinajstić information content (AvgIpc) is 2.52. The number of carbonyl (C=O) groups is 1. The molecule has 0 atom stereocenters. The molecule has 0 aromatic heterocycles. The second kappa shape index (κ2) is 7.69. The lowest BCUT2D eigenvalue weighted by molar-refractivity contribution is -0.123. The van der Waals surface area contributed by atoms with Gasteiger partial charge in [0.1, 0.15) is 0 Å². The number of methoxy groups -OCH3 is 1. The summed E-state index contributed by atoms with van der Waals surface area (Å²) < 4.78 is 11.5. The highest BCUT2D eigenvalue weighted by atomic mass is 79.9. The highest BCUT2D eigenvalue weighted by Crippen LogP contribution is 2.34. The first kappa shape index (κ1) is 15.4. The Labute approximate surface area is 132 Å². The molecule has 0 unspecified atom stereocenters. The van der Waals surface area contributed by atoms with Gasteiger partial charge in [-0.3, -0.25) is 4.79 Å². The fourth-order valence-corrected chi connectivity index (χ4v) is 2.24. The van der Waals surface area contributed by atoms with Crippen molar-refractivity contribution >= 4 is 21.8 Å². The Kier molecular flexibility index (Phi) is 5.63. The van der Waals surface area contributed by atoms with E-state index in [1.807, 2.05) is 42.5 Å². The van der Waals surface area contributed by atoms with Crippen LogP contribution in [-0.2, 0) is 11.3 Å². The Morgan fingerprint density at radius 1 is 1.14 bits per heavy atom. The molecule has 0 saturated heterocycles. The fraction of sp³-hybridized carbons (Fsp3) is 0.188. The SMILES string of the molecule is COc1cccc(Br)c1OCC(=O)NCc1ccccc1. The molecule has 0 aliphatic rings. The molecule has 2 rings (SSSR count). The van der Waals surface area contributed by atoms with Crippen molar-refractivity contribution in [3.8, 4) is 11.5 Å². The molecule has 0 bridgehead atoms. The van der Waals surface area contributed by atoms with Crippen molar-refractivity contribution in [1.29, 1.82) is 0 Å². The fourth-order valence-electron chi connectivity index (χ4n) is 1.78. The lowest BCUT2D eigenvalue weighted by Gasteiger charge is -2.12. The van der Waals surface area contributed by atoms with Gasteiger partial charge in [-0.05, 0) is 33.6 Å². The number of hydrogen-bond donors (Lipinski definition) is 1. The molecule has 0 fully saturated rings. The third kappa shape index (κ3) is 4.49. The minimum Gasteiger partial charge on any atom is -0.493 e. The van der Waals surface area contributed by atoms with E-state index in [2.05, 4.69) is 21.2 Å². The van der Waals surface area contributed by atoms with Gasteiger partial charge in [-0.15, -0.1) is 0 Å². The summed E-state index contributed by atoms with van der Waals surface area (Å²) in [5.74, 6) is 0.923. The predicted octanol–water partition coefficient (Wildman–Crippen LogP) is 3.15. The van der Waals surface area contributed by atoms with E-state index < -0.39 is 0 Å². The van der Waals surface area contributed by atoms with E-state index >= 15 is 0 Å². The summed E-state index contributed by atoms with van der Waals surface area (Å²) >= 11 is 3.38. The molecule has 0 radical (unpaired) electrons. The Morgan fingerprint density at radius 2 is 1.90 bits per heavy atom. The second-order valence-electron chi connectivity index (χ2n) is 4.32. The number of benzene rings is 2. The molecule has 4 nitrogen and oxygen atoms in total. The van der Waals surface area contributed by atoms with Gasteiger partial charge in [-0.2, -0.15) is 0 Å². The molecule has 1 amide bonds. The molecule has 110 valence electrons. The largest absolute Gasteiger partial charge is 0.493 e. The highest BCUT2D eigenvalue weighted by Gasteiger charge is 2.10. The van der Waals surface area contributed by atoms with Gasteiger partial charge in [-0.1, -0.05) is 36.4 Å². The van der Waals surface area contributed by atoms with Gasteiger partial charge >= 0.3 is 0 Å². The first-order chi connectivity index (χ1) is 10.2. The van der Waals surface area contributed by atoms with Gasteiger partial charge in [0, 0.05) is 6.54 Å². The Bertz CT molecular complexity index is 602. The first-order valence-corrected chi connectivity index (χ1v) is 7.26. The number of amides is 1. The Balaban J connectivity index is 1.87. The van der Waals surface area contributed by atoms with Crippen LogP contribution in [0, 0.1) is 0 Å². The zero-order valence-electron chi connectivity index (χ0n) is 11.6. The lowest BCUT2D eigenvalue weighted by atomic mass is 10.2. The van der Waals surface area contributed by atoms with Crippen molar-refractivity contribution in [3.05, 3.63) is 58.6 Å². The molecule has 2 aromatic rings. The van der Waals surface area contributed by atoms with Crippen LogP contribution in [-0.4, -0.2) is 19.6 Å². The van der Waals surface area contributed by atoms with E-state index in [4.69, 9.17) is 9.47 Å². The van der Waals surface area contributed by atoms with Crippen LogP contribution in [0.15, 0.2) is 53.0 Å². The van der Waals surface area contributed by atoms with Crippen LogP contribution >= 0.6 is 15.9 Å². The number of ether oxygens (including phenoxy) is 2. The van der Waals surface area contributed by atoms with Crippen LogP contribution in [0.2, 0.25) is 0 Å². The standard InChI is InChI=1S/C16H16BrNO3/c1-20-14-9-5-8-13(17)16(14)21-11-15(19)18-10-12-6-3-2-4-7-12/h2-9H,10-11H2,1H3,(H,18,19). The lowest BCUT2D eigenvalue weighted by Crippen LogP contribution is -2.28. The summed E-state index contributed by atoms with van der Waals surface area (Å²) in [4.78, 5) is 11.8. The molecule has 2 aromatic carbocycles. The monoisotopic (exact) mass is 349 g/mol. The molecular formula is C16H16BrNO3. The van der Waals surface area contributed by atoms with Crippen molar-refractivity contribution < 1.29 is 14.3 Å². The smallest absolute Gasteiger partial charge is 0.258 e. The quantitative estimate of drug-likeness (QED) is 0.871. The van der Waals surface area contributed by atoms with E-state index in [9.17, 15) is 4.79 Å². The van der Waals surface area contributed by atoms with Gasteiger partial charge in [0.2, 0.25) is 0 Å².